The molecule has 0 aromatic heterocycles. The number of hydrogen-bond acceptors (Lipinski definition) is 3. The van der Waals surface area contributed by atoms with E-state index in [0.717, 1.165) is 19.3 Å². The van der Waals surface area contributed by atoms with Crippen LogP contribution in [0, 0.1) is 11.3 Å². The van der Waals surface area contributed by atoms with Gasteiger partial charge < -0.3 is 0 Å². The van der Waals surface area contributed by atoms with E-state index in [-0.39, 0.29) is 11.9 Å². The van der Waals surface area contributed by atoms with Crippen LogP contribution in [0.4, 0.5) is 4.79 Å². The standard InChI is InChI=1S/C14H22N2O3/c1-4-9(2)8-10(3)16-12(18)14(6-5-7-14)11(17)15-13(16)19/h9-10H,4-8H2,1-3H3,(H,15,17,19). The lowest BCUT2D eigenvalue weighted by Gasteiger charge is -2.46. The molecule has 2 unspecified atom stereocenters. The fraction of sp³-hybridized carbons (Fsp3) is 0.786. The number of rotatable bonds is 4. The maximum absolute atomic E-state index is 12.5. The van der Waals surface area contributed by atoms with Crippen LogP contribution in [0.3, 0.4) is 0 Å². The van der Waals surface area contributed by atoms with Crippen LogP contribution in [-0.2, 0) is 9.59 Å². The van der Waals surface area contributed by atoms with Gasteiger partial charge in [-0.25, -0.2) is 4.79 Å². The lowest BCUT2D eigenvalue weighted by molar-refractivity contribution is -0.159. The first-order chi connectivity index (χ1) is 8.92. The quantitative estimate of drug-likeness (QED) is 0.792. The molecule has 1 heterocycles. The van der Waals surface area contributed by atoms with E-state index in [1.807, 2.05) is 6.92 Å². The normalized spacial score (nSPS) is 25.0. The van der Waals surface area contributed by atoms with Crippen LogP contribution in [0.15, 0.2) is 0 Å². The van der Waals surface area contributed by atoms with Crippen molar-refractivity contribution in [3.63, 3.8) is 0 Å². The molecule has 2 aliphatic rings. The monoisotopic (exact) mass is 266 g/mol. The molecule has 0 bridgehead atoms. The summed E-state index contributed by atoms with van der Waals surface area (Å²) < 4.78 is 0. The summed E-state index contributed by atoms with van der Waals surface area (Å²) in [7, 11) is 0. The molecule has 1 aliphatic carbocycles. The minimum absolute atomic E-state index is 0.159. The maximum atomic E-state index is 12.5. The molecule has 1 aliphatic heterocycles. The predicted molar refractivity (Wildman–Crippen MR) is 70.2 cm³/mol. The van der Waals surface area contributed by atoms with Gasteiger partial charge in [0.1, 0.15) is 5.41 Å². The second-order valence-electron chi connectivity index (χ2n) is 5.97. The van der Waals surface area contributed by atoms with Crippen molar-refractivity contribution in [1.29, 1.82) is 0 Å². The highest BCUT2D eigenvalue weighted by Crippen LogP contribution is 2.45. The van der Waals surface area contributed by atoms with Gasteiger partial charge in [0.25, 0.3) is 0 Å². The van der Waals surface area contributed by atoms with E-state index in [4.69, 9.17) is 0 Å². The van der Waals surface area contributed by atoms with Crippen molar-refractivity contribution in [1.82, 2.24) is 10.2 Å². The molecule has 1 saturated heterocycles. The second-order valence-corrected chi connectivity index (χ2v) is 5.97. The van der Waals surface area contributed by atoms with Crippen molar-refractivity contribution in [2.24, 2.45) is 11.3 Å². The maximum Gasteiger partial charge on any atom is 0.331 e. The van der Waals surface area contributed by atoms with E-state index in [1.54, 1.807) is 0 Å². The number of amides is 4. The van der Waals surface area contributed by atoms with Crippen LogP contribution in [0.1, 0.15) is 52.9 Å². The van der Waals surface area contributed by atoms with Crippen molar-refractivity contribution < 1.29 is 14.4 Å². The number of nitrogens with zero attached hydrogens (tertiary/aromatic N) is 1. The number of carbonyl (C=O) groups excluding carboxylic acids is 3. The fourth-order valence-corrected chi connectivity index (χ4v) is 2.92. The van der Waals surface area contributed by atoms with Gasteiger partial charge in [-0.05, 0) is 32.1 Å². The van der Waals surface area contributed by atoms with E-state index >= 15 is 0 Å². The Balaban J connectivity index is 2.17. The van der Waals surface area contributed by atoms with Crippen LogP contribution in [0.25, 0.3) is 0 Å². The smallest absolute Gasteiger partial charge is 0.277 e. The molecule has 5 heteroatoms. The molecule has 4 amide bonds. The summed E-state index contributed by atoms with van der Waals surface area (Å²) >= 11 is 0. The molecule has 1 N–H and O–H groups in total. The first-order valence-corrected chi connectivity index (χ1v) is 7.11. The van der Waals surface area contributed by atoms with Crippen LogP contribution in [-0.4, -0.2) is 28.8 Å². The Labute approximate surface area is 113 Å². The Morgan fingerprint density at radius 2 is 1.89 bits per heavy atom. The van der Waals surface area contributed by atoms with Gasteiger partial charge in [0.2, 0.25) is 11.8 Å². The molecule has 0 aromatic carbocycles. The van der Waals surface area contributed by atoms with Gasteiger partial charge in [-0.2, -0.15) is 0 Å². The average Bonchev–Trinajstić information content (AvgIpc) is 2.26. The summed E-state index contributed by atoms with van der Waals surface area (Å²) in [6.45, 7) is 6.07. The largest absolute Gasteiger partial charge is 0.331 e. The second kappa shape index (κ2) is 4.94. The molecule has 1 saturated carbocycles. The number of nitrogens with one attached hydrogen (secondary N) is 1. The van der Waals surface area contributed by atoms with Crippen molar-refractivity contribution in [3.05, 3.63) is 0 Å². The van der Waals surface area contributed by atoms with E-state index < -0.39 is 17.4 Å². The zero-order valence-corrected chi connectivity index (χ0v) is 11.9. The van der Waals surface area contributed by atoms with Gasteiger partial charge in [-0.15, -0.1) is 0 Å². The van der Waals surface area contributed by atoms with E-state index in [0.29, 0.717) is 18.8 Å². The van der Waals surface area contributed by atoms with Gasteiger partial charge in [0.15, 0.2) is 0 Å². The number of barbiturate groups is 1. The summed E-state index contributed by atoms with van der Waals surface area (Å²) in [5.41, 5.74) is -0.947. The topological polar surface area (TPSA) is 66.5 Å². The molecule has 0 aromatic rings. The lowest BCUT2D eigenvalue weighted by Crippen LogP contribution is -2.67. The highest BCUT2D eigenvalue weighted by atomic mass is 16.2. The van der Waals surface area contributed by atoms with Crippen LogP contribution < -0.4 is 5.32 Å². The summed E-state index contributed by atoms with van der Waals surface area (Å²) in [6, 6.07) is -0.712. The Kier molecular flexibility index (Phi) is 3.65. The third kappa shape index (κ3) is 2.15. The number of hydrogen-bond donors (Lipinski definition) is 1. The first-order valence-electron chi connectivity index (χ1n) is 7.11. The van der Waals surface area contributed by atoms with Crippen molar-refractivity contribution >= 4 is 17.8 Å². The van der Waals surface area contributed by atoms with Gasteiger partial charge >= 0.3 is 6.03 Å². The molecule has 19 heavy (non-hydrogen) atoms. The lowest BCUT2D eigenvalue weighted by atomic mass is 9.66. The molecule has 0 radical (unpaired) electrons. The number of urea groups is 1. The van der Waals surface area contributed by atoms with Gasteiger partial charge in [0.05, 0.1) is 0 Å². The van der Waals surface area contributed by atoms with Gasteiger partial charge in [-0.3, -0.25) is 19.8 Å². The molecule has 2 rings (SSSR count). The predicted octanol–water partition coefficient (Wildman–Crippen LogP) is 2.06. The molecule has 2 fully saturated rings. The van der Waals surface area contributed by atoms with Crippen molar-refractivity contribution in [2.75, 3.05) is 0 Å². The van der Waals surface area contributed by atoms with E-state index in [1.165, 1.54) is 4.90 Å². The average molecular weight is 266 g/mol. The summed E-state index contributed by atoms with van der Waals surface area (Å²) in [5, 5.41) is 2.35. The Bertz CT molecular complexity index is 415. The molecule has 1 spiro atoms. The van der Waals surface area contributed by atoms with Crippen LogP contribution in [0.5, 0.6) is 0 Å². The minimum Gasteiger partial charge on any atom is -0.277 e. The highest BCUT2D eigenvalue weighted by molar-refractivity contribution is 6.19. The number of carbonyl (C=O) groups is 3. The SMILES string of the molecule is CCC(C)CC(C)N1C(=O)NC(=O)C2(CCC2)C1=O. The number of imide groups is 2. The van der Waals surface area contributed by atoms with Crippen LogP contribution in [0.2, 0.25) is 0 Å². The molecular weight excluding hydrogens is 244 g/mol. The minimum atomic E-state index is -0.947. The summed E-state index contributed by atoms with van der Waals surface area (Å²) in [4.78, 5) is 37.6. The molecular formula is C14H22N2O3. The zero-order valence-electron chi connectivity index (χ0n) is 11.9. The first kappa shape index (κ1) is 14.0. The zero-order chi connectivity index (χ0) is 14.2. The van der Waals surface area contributed by atoms with Gasteiger partial charge in [-0.1, -0.05) is 26.7 Å². The fourth-order valence-electron chi connectivity index (χ4n) is 2.92. The van der Waals surface area contributed by atoms with E-state index in [2.05, 4.69) is 19.2 Å². The van der Waals surface area contributed by atoms with Crippen molar-refractivity contribution in [2.45, 2.75) is 58.9 Å². The van der Waals surface area contributed by atoms with Crippen molar-refractivity contribution in [3.8, 4) is 0 Å². The summed E-state index contributed by atoms with van der Waals surface area (Å²) in [6.07, 6.45) is 3.80. The Morgan fingerprint density at radius 3 is 2.37 bits per heavy atom. The molecule has 5 nitrogen and oxygen atoms in total. The third-order valence-corrected chi connectivity index (χ3v) is 4.59. The van der Waals surface area contributed by atoms with Crippen LogP contribution >= 0.6 is 0 Å². The highest BCUT2D eigenvalue weighted by Gasteiger charge is 2.57. The van der Waals surface area contributed by atoms with Gasteiger partial charge in [0, 0.05) is 6.04 Å². The Hall–Kier alpha value is -1.39. The Morgan fingerprint density at radius 1 is 1.26 bits per heavy atom. The molecule has 2 atom stereocenters. The van der Waals surface area contributed by atoms with E-state index in [9.17, 15) is 14.4 Å². The summed E-state index contributed by atoms with van der Waals surface area (Å²) in [5.74, 6) is -0.241. The molecule has 106 valence electrons. The third-order valence-electron chi connectivity index (χ3n) is 4.59.